The maximum absolute atomic E-state index is 13.1. The molecule has 1 aliphatic heterocycles. The van der Waals surface area contributed by atoms with Crippen molar-refractivity contribution in [3.63, 3.8) is 0 Å². The van der Waals surface area contributed by atoms with Gasteiger partial charge in [0.25, 0.3) is 5.91 Å². The van der Waals surface area contributed by atoms with E-state index >= 15 is 0 Å². The van der Waals surface area contributed by atoms with E-state index in [2.05, 4.69) is 5.32 Å². The molecular formula is C23H28N2O5. The number of nitrogens with zero attached hydrogens (tertiary/aromatic N) is 1. The number of likely N-dealkylation sites (tertiary alicyclic amines) is 1. The normalized spacial score (nSPS) is 18.2. The summed E-state index contributed by atoms with van der Waals surface area (Å²) < 4.78 is 15.5. The number of rotatable bonds is 8. The van der Waals surface area contributed by atoms with Gasteiger partial charge in [-0.2, -0.15) is 0 Å². The maximum atomic E-state index is 13.1. The molecule has 0 bridgehead atoms. The van der Waals surface area contributed by atoms with Crippen molar-refractivity contribution in [2.45, 2.75) is 5.92 Å². The zero-order valence-corrected chi connectivity index (χ0v) is 17.6. The molecule has 1 fully saturated rings. The number of amides is 2. The second kappa shape index (κ2) is 10.1. The Morgan fingerprint density at radius 2 is 1.73 bits per heavy atom. The first-order chi connectivity index (χ1) is 14.6. The summed E-state index contributed by atoms with van der Waals surface area (Å²) in [6, 6.07) is 14.7. The summed E-state index contributed by atoms with van der Waals surface area (Å²) in [5, 5.41) is 2.92. The molecule has 2 unspecified atom stereocenters. The summed E-state index contributed by atoms with van der Waals surface area (Å²) >= 11 is 0. The molecule has 0 radical (unpaired) electrons. The minimum atomic E-state index is -0.343. The monoisotopic (exact) mass is 412 g/mol. The third-order valence-electron chi connectivity index (χ3n) is 5.41. The topological polar surface area (TPSA) is 77.1 Å². The summed E-state index contributed by atoms with van der Waals surface area (Å²) in [6.45, 7) is 1.69. The summed E-state index contributed by atoms with van der Waals surface area (Å²) in [5.74, 6) is 0.744. The molecular weight excluding hydrogens is 384 g/mol. The summed E-state index contributed by atoms with van der Waals surface area (Å²) in [5.41, 5.74) is 1.55. The molecule has 1 saturated heterocycles. The van der Waals surface area contributed by atoms with Gasteiger partial charge >= 0.3 is 0 Å². The van der Waals surface area contributed by atoms with Gasteiger partial charge < -0.3 is 24.4 Å². The molecule has 0 aromatic heterocycles. The zero-order valence-electron chi connectivity index (χ0n) is 17.6. The number of methoxy groups -OCH3 is 3. The number of nitrogens with one attached hydrogen (secondary N) is 1. The Bertz CT molecular complexity index is 868. The van der Waals surface area contributed by atoms with Gasteiger partial charge in [0, 0.05) is 38.2 Å². The molecule has 1 heterocycles. The van der Waals surface area contributed by atoms with Crippen LogP contribution in [0.2, 0.25) is 0 Å². The van der Waals surface area contributed by atoms with E-state index in [0.29, 0.717) is 37.6 Å². The molecule has 2 atom stereocenters. The average Bonchev–Trinajstić information content (AvgIpc) is 3.24. The fraction of sp³-hybridized carbons (Fsp3) is 0.391. The molecule has 2 aromatic rings. The highest BCUT2D eigenvalue weighted by Gasteiger charge is 2.40. The highest BCUT2D eigenvalue weighted by Crippen LogP contribution is 2.34. The van der Waals surface area contributed by atoms with E-state index in [1.807, 2.05) is 24.3 Å². The minimum absolute atomic E-state index is 0.0752. The zero-order chi connectivity index (χ0) is 21.5. The Labute approximate surface area is 176 Å². The number of carbonyl (C=O) groups is 2. The molecule has 30 heavy (non-hydrogen) atoms. The highest BCUT2D eigenvalue weighted by atomic mass is 16.5. The smallest absolute Gasteiger partial charge is 0.254 e. The lowest BCUT2D eigenvalue weighted by molar-refractivity contribution is -0.125. The van der Waals surface area contributed by atoms with Crippen LogP contribution in [0, 0.1) is 5.92 Å². The summed E-state index contributed by atoms with van der Waals surface area (Å²) in [7, 11) is 4.78. The van der Waals surface area contributed by atoms with Crippen molar-refractivity contribution in [2.24, 2.45) is 5.92 Å². The Morgan fingerprint density at radius 3 is 2.40 bits per heavy atom. The first-order valence-electron chi connectivity index (χ1n) is 9.91. The van der Waals surface area contributed by atoms with E-state index in [1.165, 1.54) is 0 Å². The highest BCUT2D eigenvalue weighted by molar-refractivity contribution is 5.95. The fourth-order valence-corrected chi connectivity index (χ4v) is 3.77. The van der Waals surface area contributed by atoms with Crippen LogP contribution in [-0.2, 0) is 9.53 Å². The number of hydrogen-bond acceptors (Lipinski definition) is 5. The van der Waals surface area contributed by atoms with Gasteiger partial charge in [-0.1, -0.05) is 18.2 Å². The van der Waals surface area contributed by atoms with E-state index in [4.69, 9.17) is 14.2 Å². The molecule has 160 valence electrons. The Hall–Kier alpha value is -3.06. The molecule has 2 aromatic carbocycles. The number of carbonyl (C=O) groups excluding carboxylic acids is 2. The van der Waals surface area contributed by atoms with Gasteiger partial charge in [0.05, 0.1) is 26.7 Å². The van der Waals surface area contributed by atoms with E-state index < -0.39 is 0 Å². The lowest BCUT2D eigenvalue weighted by atomic mass is 9.88. The molecule has 0 aliphatic carbocycles. The molecule has 7 heteroatoms. The van der Waals surface area contributed by atoms with Gasteiger partial charge in [0.15, 0.2) is 0 Å². The SMILES string of the molecule is COCCNC(=O)C1CN(C(=O)c2cccc(OC)c2)CC1c1ccc(OC)cc1. The molecule has 0 saturated carbocycles. The predicted molar refractivity (Wildman–Crippen MR) is 113 cm³/mol. The van der Waals surface area contributed by atoms with Crippen molar-refractivity contribution < 1.29 is 23.8 Å². The third-order valence-corrected chi connectivity index (χ3v) is 5.41. The number of ether oxygens (including phenoxy) is 3. The van der Waals surface area contributed by atoms with Crippen molar-refractivity contribution in [1.82, 2.24) is 10.2 Å². The van der Waals surface area contributed by atoms with Crippen LogP contribution in [-0.4, -0.2) is 64.3 Å². The lowest BCUT2D eigenvalue weighted by Crippen LogP contribution is -2.37. The van der Waals surface area contributed by atoms with E-state index in [0.717, 1.165) is 11.3 Å². The van der Waals surface area contributed by atoms with Crippen LogP contribution in [0.3, 0.4) is 0 Å². The molecule has 1 N–H and O–H groups in total. The van der Waals surface area contributed by atoms with Crippen LogP contribution in [0.1, 0.15) is 21.8 Å². The predicted octanol–water partition coefficient (Wildman–Crippen LogP) is 2.32. The Kier molecular flexibility index (Phi) is 7.30. The number of hydrogen-bond donors (Lipinski definition) is 1. The standard InChI is InChI=1S/C23H28N2O5/c1-28-12-11-24-22(26)21-15-25(23(27)17-5-4-6-19(13-17)30-3)14-20(21)16-7-9-18(29-2)10-8-16/h4-10,13,20-21H,11-12,14-15H2,1-3H3,(H,24,26). The van der Waals surface area contributed by atoms with E-state index in [9.17, 15) is 9.59 Å². The van der Waals surface area contributed by atoms with Gasteiger partial charge in [-0.15, -0.1) is 0 Å². The average molecular weight is 412 g/mol. The third kappa shape index (κ3) is 4.91. The van der Waals surface area contributed by atoms with Gasteiger partial charge in [-0.25, -0.2) is 0 Å². The quantitative estimate of drug-likeness (QED) is 0.674. The van der Waals surface area contributed by atoms with Crippen LogP contribution < -0.4 is 14.8 Å². The molecule has 7 nitrogen and oxygen atoms in total. The van der Waals surface area contributed by atoms with Gasteiger partial charge in [-0.05, 0) is 35.9 Å². The van der Waals surface area contributed by atoms with Gasteiger partial charge in [0.2, 0.25) is 5.91 Å². The molecule has 3 rings (SSSR count). The van der Waals surface area contributed by atoms with Crippen LogP contribution in [0.4, 0.5) is 0 Å². The Balaban J connectivity index is 1.82. The van der Waals surface area contributed by atoms with Crippen molar-refractivity contribution in [1.29, 1.82) is 0 Å². The summed E-state index contributed by atoms with van der Waals surface area (Å²) in [4.78, 5) is 27.7. The second-order valence-electron chi connectivity index (χ2n) is 7.21. The van der Waals surface area contributed by atoms with Crippen LogP contribution >= 0.6 is 0 Å². The minimum Gasteiger partial charge on any atom is -0.497 e. The molecule has 1 aliphatic rings. The van der Waals surface area contributed by atoms with Crippen LogP contribution in [0.5, 0.6) is 11.5 Å². The van der Waals surface area contributed by atoms with Crippen molar-refractivity contribution in [3.05, 3.63) is 59.7 Å². The van der Waals surface area contributed by atoms with Crippen LogP contribution in [0.15, 0.2) is 48.5 Å². The number of benzene rings is 2. The maximum Gasteiger partial charge on any atom is 0.254 e. The van der Waals surface area contributed by atoms with E-state index in [-0.39, 0.29) is 23.7 Å². The first-order valence-corrected chi connectivity index (χ1v) is 9.91. The van der Waals surface area contributed by atoms with Crippen molar-refractivity contribution in [2.75, 3.05) is 47.6 Å². The van der Waals surface area contributed by atoms with Crippen molar-refractivity contribution >= 4 is 11.8 Å². The van der Waals surface area contributed by atoms with Crippen molar-refractivity contribution in [3.8, 4) is 11.5 Å². The van der Waals surface area contributed by atoms with E-state index in [1.54, 1.807) is 50.5 Å². The van der Waals surface area contributed by atoms with Gasteiger partial charge in [0.1, 0.15) is 11.5 Å². The fourth-order valence-electron chi connectivity index (χ4n) is 3.77. The summed E-state index contributed by atoms with van der Waals surface area (Å²) in [6.07, 6.45) is 0. The van der Waals surface area contributed by atoms with Gasteiger partial charge in [-0.3, -0.25) is 9.59 Å². The molecule has 2 amide bonds. The first kappa shape index (κ1) is 21.6. The second-order valence-corrected chi connectivity index (χ2v) is 7.21. The largest absolute Gasteiger partial charge is 0.497 e. The molecule has 0 spiro atoms. The lowest BCUT2D eigenvalue weighted by Gasteiger charge is -2.18. The van der Waals surface area contributed by atoms with Crippen LogP contribution in [0.25, 0.3) is 0 Å². The Morgan fingerprint density at radius 1 is 1.00 bits per heavy atom.